The largest absolute Gasteiger partial charge is 0.469 e. The Hall–Kier alpha value is -1.62. The Morgan fingerprint density at radius 1 is 1.53 bits per heavy atom. The van der Waals surface area contributed by atoms with E-state index in [-0.39, 0.29) is 5.97 Å². The van der Waals surface area contributed by atoms with Crippen molar-refractivity contribution in [2.75, 3.05) is 19.0 Å². The maximum atomic E-state index is 10.9. The summed E-state index contributed by atoms with van der Waals surface area (Å²) in [5, 5.41) is 3.97. The van der Waals surface area contributed by atoms with Gasteiger partial charge in [-0.25, -0.2) is 4.98 Å². The molecule has 1 aromatic carbocycles. The number of fused-ring (bicyclic) bond motifs is 1. The number of hydrogen-bond acceptors (Lipinski definition) is 5. The second-order valence-corrected chi connectivity index (χ2v) is 4.77. The second-order valence-electron chi connectivity index (χ2n) is 3.74. The van der Waals surface area contributed by atoms with Crippen LogP contribution in [0.4, 0.5) is 5.13 Å². The van der Waals surface area contributed by atoms with E-state index in [0.717, 1.165) is 15.3 Å². The number of nitrogens with one attached hydrogen (secondary N) is 1. The molecule has 0 fully saturated rings. The number of anilines is 1. The number of rotatable bonds is 4. The maximum Gasteiger partial charge on any atom is 0.307 e. The normalized spacial score (nSPS) is 10.5. The fraction of sp³-hybridized carbons (Fsp3) is 0.333. The highest BCUT2D eigenvalue weighted by Gasteiger charge is 2.04. The molecule has 17 heavy (non-hydrogen) atoms. The van der Waals surface area contributed by atoms with Gasteiger partial charge in [0.15, 0.2) is 5.13 Å². The maximum absolute atomic E-state index is 10.9. The SMILES string of the molecule is COC(=O)CCNc1nc2cc(C)ccc2s1. The van der Waals surface area contributed by atoms with E-state index in [1.54, 1.807) is 11.3 Å². The van der Waals surface area contributed by atoms with E-state index in [2.05, 4.69) is 33.2 Å². The fourth-order valence-electron chi connectivity index (χ4n) is 1.49. The van der Waals surface area contributed by atoms with Gasteiger partial charge in [0.2, 0.25) is 0 Å². The summed E-state index contributed by atoms with van der Waals surface area (Å²) >= 11 is 1.59. The van der Waals surface area contributed by atoms with E-state index in [9.17, 15) is 4.79 Å². The van der Waals surface area contributed by atoms with Crippen LogP contribution in [-0.4, -0.2) is 24.6 Å². The first-order valence-electron chi connectivity index (χ1n) is 5.37. The number of thiazole rings is 1. The third-order valence-electron chi connectivity index (χ3n) is 2.38. The number of ether oxygens (including phenoxy) is 1. The van der Waals surface area contributed by atoms with E-state index in [4.69, 9.17) is 0 Å². The minimum atomic E-state index is -0.213. The lowest BCUT2D eigenvalue weighted by Crippen LogP contribution is -2.09. The van der Waals surface area contributed by atoms with Gasteiger partial charge >= 0.3 is 5.97 Å². The van der Waals surface area contributed by atoms with Gasteiger partial charge in [-0.2, -0.15) is 0 Å². The average Bonchev–Trinajstić information content (AvgIpc) is 2.70. The predicted octanol–water partition coefficient (Wildman–Crippen LogP) is 2.58. The molecule has 0 bridgehead atoms. The molecular formula is C12H14N2O2S. The van der Waals surface area contributed by atoms with Crippen LogP contribution in [0.3, 0.4) is 0 Å². The Labute approximate surface area is 104 Å². The van der Waals surface area contributed by atoms with Crippen LogP contribution < -0.4 is 5.32 Å². The molecule has 5 heteroatoms. The summed E-state index contributed by atoms with van der Waals surface area (Å²) in [6, 6.07) is 6.18. The van der Waals surface area contributed by atoms with Crippen LogP contribution in [0.25, 0.3) is 10.2 Å². The molecule has 0 spiro atoms. The number of methoxy groups -OCH3 is 1. The van der Waals surface area contributed by atoms with Crippen molar-refractivity contribution >= 4 is 32.7 Å². The molecule has 0 amide bonds. The number of esters is 1. The first-order chi connectivity index (χ1) is 8.19. The third kappa shape index (κ3) is 2.94. The Kier molecular flexibility index (Phi) is 3.58. The van der Waals surface area contributed by atoms with Gasteiger partial charge in [-0.3, -0.25) is 4.79 Å². The molecule has 0 saturated heterocycles. The lowest BCUT2D eigenvalue weighted by molar-refractivity contribution is -0.140. The lowest BCUT2D eigenvalue weighted by atomic mass is 10.2. The Morgan fingerprint density at radius 2 is 2.35 bits per heavy atom. The molecule has 2 rings (SSSR count). The van der Waals surface area contributed by atoms with E-state index in [1.807, 2.05) is 6.92 Å². The van der Waals surface area contributed by atoms with Gasteiger partial charge in [-0.05, 0) is 24.6 Å². The zero-order valence-electron chi connectivity index (χ0n) is 9.82. The summed E-state index contributed by atoms with van der Waals surface area (Å²) in [6.45, 7) is 2.59. The van der Waals surface area contributed by atoms with Crippen LogP contribution in [-0.2, 0) is 9.53 Å². The zero-order chi connectivity index (χ0) is 12.3. The summed E-state index contributed by atoms with van der Waals surface area (Å²) in [5.74, 6) is -0.213. The van der Waals surface area contributed by atoms with Gasteiger partial charge < -0.3 is 10.1 Å². The molecule has 1 aromatic heterocycles. The molecule has 0 aliphatic carbocycles. The smallest absolute Gasteiger partial charge is 0.307 e. The molecule has 0 aliphatic rings. The highest BCUT2D eigenvalue weighted by Crippen LogP contribution is 2.26. The number of hydrogen-bond donors (Lipinski definition) is 1. The van der Waals surface area contributed by atoms with Gasteiger partial charge in [-0.15, -0.1) is 0 Å². The number of aromatic nitrogens is 1. The summed E-state index contributed by atoms with van der Waals surface area (Å²) in [4.78, 5) is 15.4. The molecule has 0 atom stereocenters. The lowest BCUT2D eigenvalue weighted by Gasteiger charge is -2.00. The predicted molar refractivity (Wildman–Crippen MR) is 69.5 cm³/mol. The Morgan fingerprint density at radius 3 is 3.12 bits per heavy atom. The van der Waals surface area contributed by atoms with Crippen molar-refractivity contribution in [2.45, 2.75) is 13.3 Å². The number of aryl methyl sites for hydroxylation is 1. The Bertz CT molecular complexity index is 536. The number of nitrogens with zero attached hydrogens (tertiary/aromatic N) is 1. The minimum Gasteiger partial charge on any atom is -0.469 e. The van der Waals surface area contributed by atoms with Crippen LogP contribution in [0.5, 0.6) is 0 Å². The quantitative estimate of drug-likeness (QED) is 0.847. The molecule has 0 radical (unpaired) electrons. The summed E-state index contributed by atoms with van der Waals surface area (Å²) < 4.78 is 5.72. The molecule has 0 saturated carbocycles. The van der Waals surface area contributed by atoms with Crippen LogP contribution in [0.2, 0.25) is 0 Å². The summed E-state index contributed by atoms with van der Waals surface area (Å²) in [5.41, 5.74) is 2.19. The highest BCUT2D eigenvalue weighted by molar-refractivity contribution is 7.22. The first kappa shape index (κ1) is 11.9. The molecule has 0 unspecified atom stereocenters. The van der Waals surface area contributed by atoms with Gasteiger partial charge in [0.1, 0.15) is 0 Å². The number of carbonyl (C=O) groups is 1. The van der Waals surface area contributed by atoms with Crippen molar-refractivity contribution in [1.29, 1.82) is 0 Å². The molecule has 2 aromatic rings. The van der Waals surface area contributed by atoms with Crippen LogP contribution >= 0.6 is 11.3 Å². The standard InChI is InChI=1S/C12H14N2O2S/c1-8-3-4-10-9(7-8)14-12(17-10)13-6-5-11(15)16-2/h3-4,7H,5-6H2,1-2H3,(H,13,14). The molecule has 1 heterocycles. The molecule has 1 N–H and O–H groups in total. The van der Waals surface area contributed by atoms with Crippen molar-refractivity contribution < 1.29 is 9.53 Å². The van der Waals surface area contributed by atoms with Crippen LogP contribution in [0.15, 0.2) is 18.2 Å². The fourth-order valence-corrected chi connectivity index (χ4v) is 2.36. The van der Waals surface area contributed by atoms with Crippen molar-refractivity contribution in [3.05, 3.63) is 23.8 Å². The zero-order valence-corrected chi connectivity index (χ0v) is 10.6. The van der Waals surface area contributed by atoms with E-state index >= 15 is 0 Å². The average molecular weight is 250 g/mol. The molecular weight excluding hydrogens is 236 g/mol. The van der Waals surface area contributed by atoms with E-state index in [0.29, 0.717) is 13.0 Å². The van der Waals surface area contributed by atoms with Gasteiger partial charge in [0.05, 0.1) is 23.7 Å². The number of benzene rings is 1. The van der Waals surface area contributed by atoms with Crippen molar-refractivity contribution in [1.82, 2.24) is 4.98 Å². The topological polar surface area (TPSA) is 51.2 Å². The third-order valence-corrected chi connectivity index (χ3v) is 3.37. The Balaban J connectivity index is 2.02. The summed E-state index contributed by atoms with van der Waals surface area (Å²) in [7, 11) is 1.39. The van der Waals surface area contributed by atoms with Crippen LogP contribution in [0.1, 0.15) is 12.0 Å². The van der Waals surface area contributed by atoms with Crippen molar-refractivity contribution in [3.63, 3.8) is 0 Å². The second kappa shape index (κ2) is 5.14. The molecule has 90 valence electrons. The van der Waals surface area contributed by atoms with Gasteiger partial charge in [0, 0.05) is 6.54 Å². The highest BCUT2D eigenvalue weighted by atomic mass is 32.1. The summed E-state index contributed by atoms with van der Waals surface area (Å²) in [6.07, 6.45) is 0.353. The van der Waals surface area contributed by atoms with E-state index < -0.39 is 0 Å². The molecule has 0 aliphatic heterocycles. The van der Waals surface area contributed by atoms with Crippen molar-refractivity contribution in [2.24, 2.45) is 0 Å². The first-order valence-corrected chi connectivity index (χ1v) is 6.18. The minimum absolute atomic E-state index is 0.213. The molecule has 4 nitrogen and oxygen atoms in total. The number of carbonyl (C=O) groups excluding carboxylic acids is 1. The van der Waals surface area contributed by atoms with Crippen LogP contribution in [0, 0.1) is 6.92 Å². The van der Waals surface area contributed by atoms with Crippen molar-refractivity contribution in [3.8, 4) is 0 Å². The monoisotopic (exact) mass is 250 g/mol. The van der Waals surface area contributed by atoms with Gasteiger partial charge in [0.25, 0.3) is 0 Å². The van der Waals surface area contributed by atoms with E-state index in [1.165, 1.54) is 12.7 Å². The van der Waals surface area contributed by atoms with Gasteiger partial charge in [-0.1, -0.05) is 17.4 Å².